The Labute approximate surface area is 122 Å². The second-order valence-electron chi connectivity index (χ2n) is 5.67. The van der Waals surface area contributed by atoms with E-state index >= 15 is 0 Å². The first-order valence-electron chi connectivity index (χ1n) is 6.88. The first kappa shape index (κ1) is 13.9. The zero-order valence-electron chi connectivity index (χ0n) is 11.8. The average Bonchev–Trinajstić information content (AvgIpc) is 2.81. The summed E-state index contributed by atoms with van der Waals surface area (Å²) in [6.07, 6.45) is 0. The van der Waals surface area contributed by atoms with Crippen molar-refractivity contribution in [2.75, 3.05) is 18.5 Å². The molecule has 0 saturated carbocycles. The van der Waals surface area contributed by atoms with Gasteiger partial charge in [0.15, 0.2) is 0 Å². The second kappa shape index (κ2) is 5.02. The molecule has 5 heteroatoms. The molecule has 4 N–H and O–H groups in total. The standard InChI is InChI=1S/C16H18N2O3/c1-16(9-21-8-14(16)17)15(20)18-12-6-2-5-11-10(12)4-3-7-13(11)19/h2-7,14,19H,8-9,17H2,1H3,(H,18,20). The molecule has 2 aromatic rings. The monoisotopic (exact) mass is 286 g/mol. The Kier molecular flexibility index (Phi) is 3.31. The van der Waals surface area contributed by atoms with E-state index in [1.165, 1.54) is 0 Å². The van der Waals surface area contributed by atoms with Crippen molar-refractivity contribution in [2.45, 2.75) is 13.0 Å². The minimum absolute atomic E-state index is 0.164. The van der Waals surface area contributed by atoms with Crippen molar-refractivity contribution in [1.82, 2.24) is 0 Å². The number of hydrogen-bond acceptors (Lipinski definition) is 4. The molecular weight excluding hydrogens is 268 g/mol. The molecule has 2 aromatic carbocycles. The normalized spacial score (nSPS) is 25.1. The lowest BCUT2D eigenvalue weighted by molar-refractivity contribution is -0.125. The van der Waals surface area contributed by atoms with E-state index in [1.807, 2.05) is 25.1 Å². The average molecular weight is 286 g/mol. The van der Waals surface area contributed by atoms with E-state index in [-0.39, 0.29) is 17.7 Å². The van der Waals surface area contributed by atoms with Gasteiger partial charge in [-0.3, -0.25) is 4.79 Å². The third kappa shape index (κ3) is 2.24. The van der Waals surface area contributed by atoms with Gasteiger partial charge in [0.25, 0.3) is 0 Å². The summed E-state index contributed by atoms with van der Waals surface area (Å²) in [6.45, 7) is 2.51. The molecule has 21 heavy (non-hydrogen) atoms. The van der Waals surface area contributed by atoms with Gasteiger partial charge in [-0.05, 0) is 19.1 Å². The smallest absolute Gasteiger partial charge is 0.234 e. The summed E-state index contributed by atoms with van der Waals surface area (Å²) in [4.78, 5) is 12.5. The topological polar surface area (TPSA) is 84.6 Å². The number of carbonyl (C=O) groups is 1. The molecular formula is C16H18N2O3. The van der Waals surface area contributed by atoms with Crippen molar-refractivity contribution in [3.8, 4) is 5.75 Å². The highest BCUT2D eigenvalue weighted by molar-refractivity contribution is 6.05. The van der Waals surface area contributed by atoms with Crippen molar-refractivity contribution in [2.24, 2.45) is 11.1 Å². The number of carbonyl (C=O) groups excluding carboxylic acids is 1. The van der Waals surface area contributed by atoms with Gasteiger partial charge in [-0.15, -0.1) is 0 Å². The number of ether oxygens (including phenoxy) is 1. The number of nitrogens with two attached hydrogens (primary N) is 1. The van der Waals surface area contributed by atoms with Crippen LogP contribution in [0.4, 0.5) is 5.69 Å². The molecule has 1 amide bonds. The molecule has 0 bridgehead atoms. The summed E-state index contributed by atoms with van der Waals surface area (Å²) >= 11 is 0. The second-order valence-corrected chi connectivity index (χ2v) is 5.67. The summed E-state index contributed by atoms with van der Waals surface area (Å²) in [5, 5.41) is 14.3. The molecule has 0 radical (unpaired) electrons. The predicted molar refractivity (Wildman–Crippen MR) is 81.1 cm³/mol. The Bertz CT molecular complexity index is 701. The van der Waals surface area contributed by atoms with Crippen LogP contribution in [0, 0.1) is 5.41 Å². The van der Waals surface area contributed by atoms with Crippen molar-refractivity contribution in [3.63, 3.8) is 0 Å². The Hall–Kier alpha value is -2.11. The van der Waals surface area contributed by atoms with Gasteiger partial charge >= 0.3 is 0 Å². The number of aromatic hydroxyl groups is 1. The number of fused-ring (bicyclic) bond motifs is 1. The lowest BCUT2D eigenvalue weighted by Crippen LogP contribution is -2.47. The number of rotatable bonds is 2. The van der Waals surface area contributed by atoms with E-state index < -0.39 is 5.41 Å². The lowest BCUT2D eigenvalue weighted by atomic mass is 9.84. The van der Waals surface area contributed by atoms with Crippen LogP contribution in [0.25, 0.3) is 10.8 Å². The minimum Gasteiger partial charge on any atom is -0.507 e. The molecule has 110 valence electrons. The van der Waals surface area contributed by atoms with E-state index in [1.54, 1.807) is 18.2 Å². The van der Waals surface area contributed by atoms with Gasteiger partial charge in [0.1, 0.15) is 5.75 Å². The Morgan fingerprint density at radius 1 is 1.33 bits per heavy atom. The number of benzene rings is 2. The van der Waals surface area contributed by atoms with E-state index in [4.69, 9.17) is 10.5 Å². The Balaban J connectivity index is 1.95. The van der Waals surface area contributed by atoms with Crippen molar-refractivity contribution < 1.29 is 14.6 Å². The van der Waals surface area contributed by atoms with Crippen LogP contribution in [-0.4, -0.2) is 30.3 Å². The fourth-order valence-electron chi connectivity index (χ4n) is 2.59. The molecule has 1 fully saturated rings. The highest BCUT2D eigenvalue weighted by Crippen LogP contribution is 2.33. The van der Waals surface area contributed by atoms with Crippen LogP contribution < -0.4 is 11.1 Å². The van der Waals surface area contributed by atoms with Crippen molar-refractivity contribution >= 4 is 22.4 Å². The number of hydrogen-bond donors (Lipinski definition) is 3. The summed E-state index contributed by atoms with van der Waals surface area (Å²) < 4.78 is 5.31. The first-order chi connectivity index (χ1) is 10.0. The molecule has 1 saturated heterocycles. The zero-order valence-corrected chi connectivity index (χ0v) is 11.8. The van der Waals surface area contributed by atoms with Gasteiger partial charge in [-0.1, -0.05) is 24.3 Å². The van der Waals surface area contributed by atoms with Gasteiger partial charge in [0.2, 0.25) is 5.91 Å². The predicted octanol–water partition coefficient (Wildman–Crippen LogP) is 1.85. The SMILES string of the molecule is CC1(C(=O)Nc2cccc3c(O)cccc23)COCC1N. The highest BCUT2D eigenvalue weighted by Gasteiger charge is 2.44. The summed E-state index contributed by atoms with van der Waals surface area (Å²) in [7, 11) is 0. The highest BCUT2D eigenvalue weighted by atomic mass is 16.5. The van der Waals surface area contributed by atoms with Crippen LogP contribution in [0.15, 0.2) is 36.4 Å². The van der Waals surface area contributed by atoms with E-state index in [0.717, 1.165) is 5.39 Å². The molecule has 1 aliphatic heterocycles. The van der Waals surface area contributed by atoms with Gasteiger partial charge in [0, 0.05) is 22.5 Å². The molecule has 0 spiro atoms. The molecule has 1 aliphatic rings. The van der Waals surface area contributed by atoms with E-state index in [0.29, 0.717) is 24.3 Å². The van der Waals surface area contributed by atoms with Crippen LogP contribution in [-0.2, 0) is 9.53 Å². The van der Waals surface area contributed by atoms with Gasteiger partial charge in [-0.2, -0.15) is 0 Å². The van der Waals surface area contributed by atoms with E-state index in [2.05, 4.69) is 5.32 Å². The van der Waals surface area contributed by atoms with Crippen molar-refractivity contribution in [1.29, 1.82) is 0 Å². The van der Waals surface area contributed by atoms with Gasteiger partial charge in [0.05, 0.1) is 18.6 Å². The molecule has 0 aromatic heterocycles. The lowest BCUT2D eigenvalue weighted by Gasteiger charge is -2.25. The van der Waals surface area contributed by atoms with Crippen LogP contribution in [0.5, 0.6) is 5.75 Å². The largest absolute Gasteiger partial charge is 0.507 e. The number of amides is 1. The zero-order chi connectivity index (χ0) is 15.0. The number of phenolic OH excluding ortho intramolecular Hbond substituents is 1. The molecule has 2 unspecified atom stereocenters. The molecule has 0 aliphatic carbocycles. The summed E-state index contributed by atoms with van der Waals surface area (Å²) in [5.74, 6) is 0.0269. The molecule has 1 heterocycles. The molecule has 2 atom stereocenters. The van der Waals surface area contributed by atoms with Crippen LogP contribution in [0.3, 0.4) is 0 Å². The number of phenols is 1. The van der Waals surface area contributed by atoms with Crippen molar-refractivity contribution in [3.05, 3.63) is 36.4 Å². The third-order valence-corrected chi connectivity index (χ3v) is 4.18. The van der Waals surface area contributed by atoms with Crippen LogP contribution in [0.1, 0.15) is 6.92 Å². The summed E-state index contributed by atoms with van der Waals surface area (Å²) in [6, 6.07) is 10.3. The quantitative estimate of drug-likeness (QED) is 0.786. The third-order valence-electron chi connectivity index (χ3n) is 4.18. The Morgan fingerprint density at radius 2 is 2.05 bits per heavy atom. The maximum Gasteiger partial charge on any atom is 0.234 e. The van der Waals surface area contributed by atoms with Gasteiger partial charge in [-0.25, -0.2) is 0 Å². The van der Waals surface area contributed by atoms with Gasteiger partial charge < -0.3 is 20.9 Å². The maximum atomic E-state index is 12.5. The maximum absolute atomic E-state index is 12.5. The Morgan fingerprint density at radius 3 is 2.76 bits per heavy atom. The molecule has 3 rings (SSSR count). The first-order valence-corrected chi connectivity index (χ1v) is 6.88. The summed E-state index contributed by atoms with van der Waals surface area (Å²) in [5.41, 5.74) is 5.90. The minimum atomic E-state index is -0.737. The number of nitrogens with one attached hydrogen (secondary N) is 1. The van der Waals surface area contributed by atoms with Crippen LogP contribution >= 0.6 is 0 Å². The fraction of sp³-hybridized carbons (Fsp3) is 0.312. The number of anilines is 1. The van der Waals surface area contributed by atoms with Crippen LogP contribution in [0.2, 0.25) is 0 Å². The van der Waals surface area contributed by atoms with E-state index in [9.17, 15) is 9.90 Å². The fourth-order valence-corrected chi connectivity index (χ4v) is 2.59. The molecule has 5 nitrogen and oxygen atoms in total.